The first-order valence-corrected chi connectivity index (χ1v) is 11.4. The van der Waals surface area contributed by atoms with Crippen LogP contribution in [0, 0.1) is 0 Å². The number of benzene rings is 2. The van der Waals surface area contributed by atoms with Crippen molar-refractivity contribution in [3.63, 3.8) is 0 Å². The molecule has 0 aromatic heterocycles. The molecule has 0 saturated heterocycles. The maximum atomic E-state index is 12.1. The van der Waals surface area contributed by atoms with Crippen molar-refractivity contribution in [3.05, 3.63) is 60.7 Å². The molecule has 136 valence electrons. The zero-order valence-electron chi connectivity index (χ0n) is 13.9. The van der Waals surface area contributed by atoms with Crippen LogP contribution in [0.2, 0.25) is 0 Å². The summed E-state index contributed by atoms with van der Waals surface area (Å²) < 4.78 is 53.7. The van der Waals surface area contributed by atoms with Crippen molar-refractivity contribution < 1.29 is 21.6 Å². The molecule has 25 heavy (non-hydrogen) atoms. The Labute approximate surface area is 149 Å². The molecule has 0 saturated carbocycles. The number of sulfone groups is 2. The molecule has 0 aliphatic heterocycles. The molecule has 0 fully saturated rings. The van der Waals surface area contributed by atoms with Gasteiger partial charge >= 0.3 is 0 Å². The lowest BCUT2D eigenvalue weighted by Gasteiger charge is -2.07. The smallest absolute Gasteiger partial charge is 0.178 e. The highest BCUT2D eigenvalue weighted by Crippen LogP contribution is 2.12. The van der Waals surface area contributed by atoms with Gasteiger partial charge < -0.3 is 4.74 Å². The topological polar surface area (TPSA) is 77.5 Å². The van der Waals surface area contributed by atoms with E-state index in [0.29, 0.717) is 22.6 Å². The third-order valence-electron chi connectivity index (χ3n) is 3.61. The van der Waals surface area contributed by atoms with Crippen molar-refractivity contribution in [1.82, 2.24) is 0 Å². The summed E-state index contributed by atoms with van der Waals surface area (Å²) in [6.07, 6.45) is 0.755. The van der Waals surface area contributed by atoms with Crippen LogP contribution in [-0.2, 0) is 24.4 Å². The molecule has 0 heterocycles. The Hall–Kier alpha value is -1.70. The second-order valence-electron chi connectivity index (χ2n) is 5.58. The summed E-state index contributed by atoms with van der Waals surface area (Å²) in [6.45, 7) is 0.578. The summed E-state index contributed by atoms with van der Waals surface area (Å²) in [7, 11) is -6.58. The minimum absolute atomic E-state index is 0.0132. The normalized spacial score (nSPS) is 12.2. The maximum Gasteiger partial charge on any atom is 0.178 e. The monoisotopic (exact) mass is 382 g/mol. The first-order valence-electron chi connectivity index (χ1n) is 8.05. The zero-order valence-corrected chi connectivity index (χ0v) is 15.5. The summed E-state index contributed by atoms with van der Waals surface area (Å²) in [5, 5.41) is 0. The van der Waals surface area contributed by atoms with Crippen LogP contribution in [0.25, 0.3) is 0 Å². The van der Waals surface area contributed by atoms with E-state index >= 15 is 0 Å². The van der Waals surface area contributed by atoms with E-state index in [9.17, 15) is 16.8 Å². The third kappa shape index (κ3) is 6.26. The lowest BCUT2D eigenvalue weighted by molar-refractivity contribution is 0.136. The fraction of sp³-hybridized carbons (Fsp3) is 0.333. The minimum atomic E-state index is -3.29. The summed E-state index contributed by atoms with van der Waals surface area (Å²) in [6, 6.07) is 16.6. The van der Waals surface area contributed by atoms with Crippen LogP contribution in [0.15, 0.2) is 70.5 Å². The quantitative estimate of drug-likeness (QED) is 0.591. The summed E-state index contributed by atoms with van der Waals surface area (Å²) in [5.74, 6) is 0.0264. The second kappa shape index (κ2) is 9.12. The largest absolute Gasteiger partial charge is 0.381 e. The van der Waals surface area contributed by atoms with Crippen LogP contribution in [0.1, 0.15) is 12.8 Å². The molecule has 0 radical (unpaired) electrons. The van der Waals surface area contributed by atoms with Gasteiger partial charge in [0.15, 0.2) is 19.7 Å². The van der Waals surface area contributed by atoms with Crippen LogP contribution in [-0.4, -0.2) is 41.6 Å². The molecule has 0 N–H and O–H groups in total. The van der Waals surface area contributed by atoms with Crippen LogP contribution in [0.4, 0.5) is 0 Å². The van der Waals surface area contributed by atoms with Gasteiger partial charge in [0.2, 0.25) is 0 Å². The highest BCUT2D eigenvalue weighted by atomic mass is 32.2. The van der Waals surface area contributed by atoms with Crippen LogP contribution in [0.5, 0.6) is 0 Å². The van der Waals surface area contributed by atoms with Gasteiger partial charge in [-0.25, -0.2) is 16.8 Å². The van der Waals surface area contributed by atoms with Gasteiger partial charge in [-0.3, -0.25) is 0 Å². The number of ether oxygens (including phenoxy) is 1. The van der Waals surface area contributed by atoms with Gasteiger partial charge in [-0.2, -0.15) is 0 Å². The van der Waals surface area contributed by atoms with Gasteiger partial charge in [0.1, 0.15) is 0 Å². The fourth-order valence-corrected chi connectivity index (χ4v) is 4.91. The maximum absolute atomic E-state index is 12.1. The molecule has 0 spiro atoms. The van der Waals surface area contributed by atoms with E-state index in [1.807, 2.05) is 0 Å². The Morgan fingerprint density at radius 3 is 1.32 bits per heavy atom. The predicted molar refractivity (Wildman–Crippen MR) is 97.0 cm³/mol. The fourth-order valence-electron chi connectivity index (χ4n) is 2.30. The first kappa shape index (κ1) is 19.6. The summed E-state index contributed by atoms with van der Waals surface area (Å²) in [5.41, 5.74) is 0. The van der Waals surface area contributed by atoms with E-state index in [-0.39, 0.29) is 24.7 Å². The third-order valence-corrected chi connectivity index (χ3v) is 7.24. The van der Waals surface area contributed by atoms with Crippen molar-refractivity contribution in [3.8, 4) is 0 Å². The van der Waals surface area contributed by atoms with E-state index < -0.39 is 19.7 Å². The Morgan fingerprint density at radius 1 is 0.600 bits per heavy atom. The summed E-state index contributed by atoms with van der Waals surface area (Å²) in [4.78, 5) is 0.618. The van der Waals surface area contributed by atoms with Gasteiger partial charge in [-0.1, -0.05) is 36.4 Å². The molecule has 5 nitrogen and oxygen atoms in total. The van der Waals surface area contributed by atoms with Crippen molar-refractivity contribution in [2.45, 2.75) is 22.6 Å². The van der Waals surface area contributed by atoms with Crippen LogP contribution in [0.3, 0.4) is 0 Å². The Morgan fingerprint density at radius 2 is 0.960 bits per heavy atom. The lowest BCUT2D eigenvalue weighted by Crippen LogP contribution is -2.12. The van der Waals surface area contributed by atoms with Crippen LogP contribution >= 0.6 is 0 Å². The molecule has 2 aromatic rings. The number of hydrogen-bond donors (Lipinski definition) is 0. The molecular formula is C18H22O5S2. The van der Waals surface area contributed by atoms with E-state index in [2.05, 4.69) is 0 Å². The molecule has 0 atom stereocenters. The summed E-state index contributed by atoms with van der Waals surface area (Å²) >= 11 is 0. The average Bonchev–Trinajstić information content (AvgIpc) is 2.62. The molecule has 2 aromatic carbocycles. The molecule has 0 bridgehead atoms. The van der Waals surface area contributed by atoms with E-state index in [1.54, 1.807) is 60.7 Å². The predicted octanol–water partition coefficient (Wildman–Crippen LogP) is 2.73. The second-order valence-corrected chi connectivity index (χ2v) is 9.80. The van der Waals surface area contributed by atoms with E-state index in [1.165, 1.54) is 0 Å². The van der Waals surface area contributed by atoms with Crippen molar-refractivity contribution in [2.24, 2.45) is 0 Å². The average molecular weight is 383 g/mol. The van der Waals surface area contributed by atoms with E-state index in [0.717, 1.165) is 0 Å². The van der Waals surface area contributed by atoms with Gasteiger partial charge in [-0.05, 0) is 37.1 Å². The number of rotatable bonds is 10. The van der Waals surface area contributed by atoms with Crippen molar-refractivity contribution >= 4 is 19.7 Å². The Bertz CT molecular complexity index is 771. The molecule has 0 aliphatic rings. The molecular weight excluding hydrogens is 360 g/mol. The molecule has 0 amide bonds. The first-order chi connectivity index (χ1) is 11.9. The highest BCUT2D eigenvalue weighted by molar-refractivity contribution is 7.91. The van der Waals surface area contributed by atoms with Crippen molar-refractivity contribution in [1.29, 1.82) is 0 Å². The zero-order chi connectivity index (χ0) is 18.2. The van der Waals surface area contributed by atoms with Crippen LogP contribution < -0.4 is 0 Å². The highest BCUT2D eigenvalue weighted by Gasteiger charge is 2.14. The Balaban J connectivity index is 1.66. The van der Waals surface area contributed by atoms with Gasteiger partial charge in [0, 0.05) is 13.2 Å². The molecule has 0 unspecified atom stereocenters. The SMILES string of the molecule is O=S(=O)(CCCOCCCS(=O)(=O)c1ccccc1)c1ccccc1. The molecule has 2 rings (SSSR count). The molecule has 7 heteroatoms. The van der Waals surface area contributed by atoms with Gasteiger partial charge in [0.05, 0.1) is 21.3 Å². The van der Waals surface area contributed by atoms with Gasteiger partial charge in [0.25, 0.3) is 0 Å². The minimum Gasteiger partial charge on any atom is -0.381 e. The lowest BCUT2D eigenvalue weighted by atomic mass is 10.4. The van der Waals surface area contributed by atoms with Crippen molar-refractivity contribution in [2.75, 3.05) is 24.7 Å². The standard InChI is InChI=1S/C18H22O5S2/c19-24(20,17-9-3-1-4-10-17)15-7-13-23-14-8-16-25(21,22)18-11-5-2-6-12-18/h1-6,9-12H,7-8,13-16H2. The molecule has 0 aliphatic carbocycles. The Kier molecular flexibility index (Phi) is 7.16. The van der Waals surface area contributed by atoms with E-state index in [4.69, 9.17) is 4.74 Å². The van der Waals surface area contributed by atoms with Gasteiger partial charge in [-0.15, -0.1) is 0 Å². The number of hydrogen-bond acceptors (Lipinski definition) is 5.